The number of hydrogen-bond acceptors (Lipinski definition) is 1. The maximum atomic E-state index is 4.53. The van der Waals surface area contributed by atoms with Crippen molar-refractivity contribution in [2.45, 2.75) is 110 Å². The maximum Gasteiger partial charge on any atom is 0.0385 e. The van der Waals surface area contributed by atoms with E-state index in [0.717, 1.165) is 6.54 Å². The van der Waals surface area contributed by atoms with Gasteiger partial charge in [0.2, 0.25) is 0 Å². The molecule has 0 aliphatic carbocycles. The first-order chi connectivity index (χ1) is 9.91. The van der Waals surface area contributed by atoms with Crippen LogP contribution in [0, 0.1) is 0 Å². The lowest BCUT2D eigenvalue weighted by atomic mass is 10.1. The molecule has 0 radical (unpaired) electrons. The molecule has 0 rings (SSSR count). The standard InChI is InChI=1S/C19H39N/c1-3-5-7-9-11-13-15-17-19-20-18-16-14-12-10-8-6-4-2/h18H,3-17,19H2,1-2H3. The van der Waals surface area contributed by atoms with E-state index in [4.69, 9.17) is 0 Å². The summed E-state index contributed by atoms with van der Waals surface area (Å²) in [4.78, 5) is 4.53. The molecular formula is C19H39N. The van der Waals surface area contributed by atoms with Crippen molar-refractivity contribution in [1.82, 2.24) is 0 Å². The van der Waals surface area contributed by atoms with E-state index in [-0.39, 0.29) is 0 Å². The molecule has 20 heavy (non-hydrogen) atoms. The van der Waals surface area contributed by atoms with Crippen molar-refractivity contribution in [3.63, 3.8) is 0 Å². The van der Waals surface area contributed by atoms with Crippen LogP contribution in [0.4, 0.5) is 0 Å². The van der Waals surface area contributed by atoms with Crippen LogP contribution in [-0.4, -0.2) is 12.8 Å². The Labute approximate surface area is 128 Å². The number of aliphatic imine (C=N–C) groups is 1. The van der Waals surface area contributed by atoms with Crippen LogP contribution in [0.1, 0.15) is 110 Å². The summed E-state index contributed by atoms with van der Waals surface area (Å²) in [5.74, 6) is 0. The quantitative estimate of drug-likeness (QED) is 0.214. The summed E-state index contributed by atoms with van der Waals surface area (Å²) >= 11 is 0. The number of nitrogens with zero attached hydrogens (tertiary/aromatic N) is 1. The zero-order valence-corrected chi connectivity index (χ0v) is 14.3. The van der Waals surface area contributed by atoms with Crippen molar-refractivity contribution in [2.75, 3.05) is 6.54 Å². The van der Waals surface area contributed by atoms with Gasteiger partial charge in [0, 0.05) is 6.54 Å². The molecule has 0 aromatic heterocycles. The number of hydrogen-bond donors (Lipinski definition) is 0. The summed E-state index contributed by atoms with van der Waals surface area (Å²) in [6, 6.07) is 0. The first-order valence-electron chi connectivity index (χ1n) is 9.40. The van der Waals surface area contributed by atoms with Crippen LogP contribution in [0.15, 0.2) is 4.99 Å². The number of unbranched alkanes of at least 4 members (excludes halogenated alkanes) is 13. The lowest BCUT2D eigenvalue weighted by Gasteiger charge is -2.00. The first kappa shape index (κ1) is 19.7. The third-order valence-corrected chi connectivity index (χ3v) is 3.96. The highest BCUT2D eigenvalue weighted by Gasteiger charge is 1.91. The first-order valence-corrected chi connectivity index (χ1v) is 9.40. The highest BCUT2D eigenvalue weighted by atomic mass is 14.7. The van der Waals surface area contributed by atoms with Gasteiger partial charge in [-0.05, 0) is 25.5 Å². The fourth-order valence-electron chi connectivity index (χ4n) is 2.54. The third-order valence-electron chi connectivity index (χ3n) is 3.96. The zero-order chi connectivity index (χ0) is 14.7. The van der Waals surface area contributed by atoms with Gasteiger partial charge >= 0.3 is 0 Å². The van der Waals surface area contributed by atoms with Crippen molar-refractivity contribution >= 4 is 6.21 Å². The molecular weight excluding hydrogens is 242 g/mol. The smallest absolute Gasteiger partial charge is 0.0385 e. The Balaban J connectivity index is 3.01. The van der Waals surface area contributed by atoms with Gasteiger partial charge in [-0.3, -0.25) is 4.99 Å². The molecule has 0 aromatic rings. The minimum atomic E-state index is 1.06. The second kappa shape index (κ2) is 18.7. The summed E-state index contributed by atoms with van der Waals surface area (Å²) in [6.07, 6.45) is 22.9. The van der Waals surface area contributed by atoms with E-state index in [2.05, 4.69) is 25.1 Å². The molecule has 0 bridgehead atoms. The van der Waals surface area contributed by atoms with Gasteiger partial charge < -0.3 is 0 Å². The van der Waals surface area contributed by atoms with Gasteiger partial charge in [0.1, 0.15) is 0 Å². The van der Waals surface area contributed by atoms with E-state index >= 15 is 0 Å². The average Bonchev–Trinajstić information content (AvgIpc) is 2.47. The van der Waals surface area contributed by atoms with Crippen LogP contribution in [0.5, 0.6) is 0 Å². The predicted octanol–water partition coefficient (Wildman–Crippen LogP) is 6.95. The van der Waals surface area contributed by atoms with Crippen LogP contribution in [0.3, 0.4) is 0 Å². The topological polar surface area (TPSA) is 12.4 Å². The van der Waals surface area contributed by atoms with E-state index in [1.165, 1.54) is 96.3 Å². The fourth-order valence-corrected chi connectivity index (χ4v) is 2.54. The minimum Gasteiger partial charge on any atom is -0.298 e. The largest absolute Gasteiger partial charge is 0.298 e. The second-order valence-corrected chi connectivity index (χ2v) is 6.12. The summed E-state index contributed by atoms with van der Waals surface area (Å²) in [6.45, 7) is 5.62. The Kier molecular flexibility index (Phi) is 18.4. The Morgan fingerprint density at radius 3 is 1.55 bits per heavy atom. The highest BCUT2D eigenvalue weighted by Crippen LogP contribution is 2.08. The van der Waals surface area contributed by atoms with Crippen molar-refractivity contribution < 1.29 is 0 Å². The fraction of sp³-hybridized carbons (Fsp3) is 0.947. The second-order valence-electron chi connectivity index (χ2n) is 6.12. The van der Waals surface area contributed by atoms with Crippen molar-refractivity contribution in [3.05, 3.63) is 0 Å². The van der Waals surface area contributed by atoms with E-state index in [1.807, 2.05) is 0 Å². The van der Waals surface area contributed by atoms with Gasteiger partial charge in [-0.25, -0.2) is 0 Å². The van der Waals surface area contributed by atoms with Gasteiger partial charge in [0.25, 0.3) is 0 Å². The molecule has 0 aliphatic heterocycles. The van der Waals surface area contributed by atoms with Gasteiger partial charge in [0.05, 0.1) is 0 Å². The van der Waals surface area contributed by atoms with Crippen LogP contribution in [-0.2, 0) is 0 Å². The molecule has 0 fully saturated rings. The van der Waals surface area contributed by atoms with E-state index < -0.39 is 0 Å². The van der Waals surface area contributed by atoms with Gasteiger partial charge in [-0.1, -0.05) is 90.9 Å². The van der Waals surface area contributed by atoms with E-state index in [1.54, 1.807) is 0 Å². The van der Waals surface area contributed by atoms with Gasteiger partial charge in [-0.2, -0.15) is 0 Å². The van der Waals surface area contributed by atoms with Crippen molar-refractivity contribution in [1.29, 1.82) is 0 Å². The average molecular weight is 282 g/mol. The Morgan fingerprint density at radius 1 is 0.550 bits per heavy atom. The lowest BCUT2D eigenvalue weighted by molar-refractivity contribution is 0.578. The van der Waals surface area contributed by atoms with E-state index in [0.29, 0.717) is 0 Å². The molecule has 0 heterocycles. The highest BCUT2D eigenvalue weighted by molar-refractivity contribution is 5.56. The molecule has 120 valence electrons. The van der Waals surface area contributed by atoms with Crippen LogP contribution in [0.25, 0.3) is 0 Å². The molecule has 0 N–H and O–H groups in total. The predicted molar refractivity (Wildman–Crippen MR) is 94.0 cm³/mol. The SMILES string of the molecule is CCCCCCCCC=NCCCCCCCCCC. The van der Waals surface area contributed by atoms with Gasteiger partial charge in [0.15, 0.2) is 0 Å². The third kappa shape index (κ3) is 17.7. The molecule has 1 nitrogen and oxygen atoms in total. The Hall–Kier alpha value is -0.330. The Morgan fingerprint density at radius 2 is 1.00 bits per heavy atom. The molecule has 0 saturated carbocycles. The summed E-state index contributed by atoms with van der Waals surface area (Å²) in [7, 11) is 0. The Bertz CT molecular complexity index is 186. The number of rotatable bonds is 16. The molecule has 0 atom stereocenters. The summed E-state index contributed by atoms with van der Waals surface area (Å²) in [5, 5.41) is 0. The van der Waals surface area contributed by atoms with Crippen LogP contribution < -0.4 is 0 Å². The molecule has 0 unspecified atom stereocenters. The lowest BCUT2D eigenvalue weighted by Crippen LogP contribution is -1.86. The van der Waals surface area contributed by atoms with Crippen LogP contribution in [0.2, 0.25) is 0 Å². The van der Waals surface area contributed by atoms with Crippen LogP contribution >= 0.6 is 0 Å². The zero-order valence-electron chi connectivity index (χ0n) is 14.3. The molecule has 0 amide bonds. The molecule has 0 spiro atoms. The van der Waals surface area contributed by atoms with E-state index in [9.17, 15) is 0 Å². The molecule has 0 saturated heterocycles. The maximum absolute atomic E-state index is 4.53. The molecule has 0 aliphatic rings. The summed E-state index contributed by atoms with van der Waals surface area (Å²) < 4.78 is 0. The molecule has 1 heteroatoms. The van der Waals surface area contributed by atoms with Gasteiger partial charge in [-0.15, -0.1) is 0 Å². The molecule has 0 aromatic carbocycles. The summed E-state index contributed by atoms with van der Waals surface area (Å²) in [5.41, 5.74) is 0. The van der Waals surface area contributed by atoms with Crippen molar-refractivity contribution in [2.24, 2.45) is 4.99 Å². The monoisotopic (exact) mass is 281 g/mol. The normalized spacial score (nSPS) is 11.5. The minimum absolute atomic E-state index is 1.06. The van der Waals surface area contributed by atoms with Crippen molar-refractivity contribution in [3.8, 4) is 0 Å².